The third-order valence-electron chi connectivity index (χ3n) is 4.23. The van der Waals surface area contributed by atoms with Crippen molar-refractivity contribution in [1.29, 1.82) is 0 Å². The van der Waals surface area contributed by atoms with E-state index >= 15 is 0 Å². The Balaban J connectivity index is 1.83. The van der Waals surface area contributed by atoms with Gasteiger partial charge >= 0.3 is 0 Å². The molecule has 0 bridgehead atoms. The minimum absolute atomic E-state index is 0.167. The van der Waals surface area contributed by atoms with Gasteiger partial charge < -0.3 is 11.1 Å². The van der Waals surface area contributed by atoms with E-state index in [1.54, 1.807) is 6.07 Å². The Morgan fingerprint density at radius 3 is 2.67 bits per heavy atom. The number of primary amides is 1. The fourth-order valence-corrected chi connectivity index (χ4v) is 4.59. The van der Waals surface area contributed by atoms with Gasteiger partial charge in [-0.25, -0.2) is 0 Å². The van der Waals surface area contributed by atoms with E-state index in [-0.39, 0.29) is 12.3 Å². The molecule has 2 aromatic rings. The maximum Gasteiger partial charge on any atom is 0.251 e. The highest BCUT2D eigenvalue weighted by Gasteiger charge is 2.24. The number of aryl methyl sites for hydroxylation is 1. The molecule has 0 spiro atoms. The quantitative estimate of drug-likeness (QED) is 0.808. The SMILES string of the molecule is NC(=O)c1c(NC(=O)Cc2ccccc2Cl)sc2c1CCCCC2. The van der Waals surface area contributed by atoms with Crippen molar-refractivity contribution in [1.82, 2.24) is 0 Å². The van der Waals surface area contributed by atoms with Crippen LogP contribution in [-0.2, 0) is 24.1 Å². The fourth-order valence-electron chi connectivity index (χ4n) is 3.08. The number of nitrogens with two attached hydrogens (primary N) is 1. The molecule has 6 heteroatoms. The van der Waals surface area contributed by atoms with E-state index < -0.39 is 5.91 Å². The van der Waals surface area contributed by atoms with E-state index in [9.17, 15) is 9.59 Å². The molecule has 1 heterocycles. The molecule has 4 nitrogen and oxygen atoms in total. The first-order valence-electron chi connectivity index (χ1n) is 8.04. The van der Waals surface area contributed by atoms with E-state index in [2.05, 4.69) is 5.32 Å². The molecular formula is C18H19ClN2O2S. The smallest absolute Gasteiger partial charge is 0.251 e. The van der Waals surface area contributed by atoms with Crippen molar-refractivity contribution in [2.24, 2.45) is 5.73 Å². The van der Waals surface area contributed by atoms with Crippen LogP contribution < -0.4 is 11.1 Å². The topological polar surface area (TPSA) is 72.2 Å². The lowest BCUT2D eigenvalue weighted by Gasteiger charge is -2.07. The molecule has 3 N–H and O–H groups in total. The first kappa shape index (κ1) is 17.0. The van der Waals surface area contributed by atoms with Crippen molar-refractivity contribution in [2.75, 3.05) is 5.32 Å². The number of fused-ring (bicyclic) bond motifs is 1. The van der Waals surface area contributed by atoms with Gasteiger partial charge in [0.05, 0.1) is 12.0 Å². The van der Waals surface area contributed by atoms with E-state index in [0.717, 1.165) is 43.2 Å². The summed E-state index contributed by atoms with van der Waals surface area (Å²) in [5.41, 5.74) is 7.86. The van der Waals surface area contributed by atoms with Gasteiger partial charge in [-0.1, -0.05) is 36.2 Å². The van der Waals surface area contributed by atoms with Gasteiger partial charge in [-0.2, -0.15) is 0 Å². The summed E-state index contributed by atoms with van der Waals surface area (Å²) in [6.45, 7) is 0. The lowest BCUT2D eigenvalue weighted by molar-refractivity contribution is -0.115. The predicted molar refractivity (Wildman–Crippen MR) is 97.9 cm³/mol. The van der Waals surface area contributed by atoms with Crippen LogP contribution in [0.1, 0.15) is 45.6 Å². The van der Waals surface area contributed by atoms with Gasteiger partial charge in [-0.05, 0) is 42.9 Å². The molecular weight excluding hydrogens is 344 g/mol. The number of hydrogen-bond donors (Lipinski definition) is 2. The van der Waals surface area contributed by atoms with Crippen LogP contribution in [0.2, 0.25) is 5.02 Å². The first-order chi connectivity index (χ1) is 11.6. The standard InChI is InChI=1S/C18H19ClN2O2S/c19-13-8-5-4-6-11(13)10-15(22)21-18-16(17(20)23)12-7-2-1-3-9-14(12)24-18/h4-6,8H,1-3,7,9-10H2,(H2,20,23)(H,21,22). The molecule has 0 aliphatic heterocycles. The summed E-state index contributed by atoms with van der Waals surface area (Å²) < 4.78 is 0. The molecule has 0 fully saturated rings. The number of carbonyl (C=O) groups excluding carboxylic acids is 2. The van der Waals surface area contributed by atoms with E-state index in [0.29, 0.717) is 15.6 Å². The molecule has 2 amide bonds. The Morgan fingerprint density at radius 1 is 1.17 bits per heavy atom. The second-order valence-electron chi connectivity index (χ2n) is 5.95. The van der Waals surface area contributed by atoms with Gasteiger partial charge in [-0.15, -0.1) is 11.3 Å². The van der Waals surface area contributed by atoms with Crippen LogP contribution in [-0.4, -0.2) is 11.8 Å². The zero-order valence-electron chi connectivity index (χ0n) is 13.2. The summed E-state index contributed by atoms with van der Waals surface area (Å²) in [4.78, 5) is 25.5. The lowest BCUT2D eigenvalue weighted by atomic mass is 10.1. The number of thiophene rings is 1. The third kappa shape index (κ3) is 3.62. The van der Waals surface area contributed by atoms with Crippen molar-refractivity contribution in [3.63, 3.8) is 0 Å². The van der Waals surface area contributed by atoms with Gasteiger partial charge in [0.15, 0.2) is 0 Å². The summed E-state index contributed by atoms with van der Waals surface area (Å²) >= 11 is 7.58. The normalized spacial score (nSPS) is 13.9. The van der Waals surface area contributed by atoms with Gasteiger partial charge in [0.25, 0.3) is 5.91 Å². The summed E-state index contributed by atoms with van der Waals surface area (Å²) in [7, 11) is 0. The van der Waals surface area contributed by atoms with Gasteiger partial charge in [0.1, 0.15) is 5.00 Å². The third-order valence-corrected chi connectivity index (χ3v) is 5.81. The first-order valence-corrected chi connectivity index (χ1v) is 9.23. The number of rotatable bonds is 4. The number of anilines is 1. The molecule has 0 saturated heterocycles. The van der Waals surface area contributed by atoms with E-state index in [1.807, 2.05) is 18.2 Å². The molecule has 0 saturated carbocycles. The predicted octanol–water partition coefficient (Wildman–Crippen LogP) is 3.95. The minimum Gasteiger partial charge on any atom is -0.365 e. The Labute approximate surface area is 150 Å². The Hall–Kier alpha value is -1.85. The molecule has 126 valence electrons. The highest BCUT2D eigenvalue weighted by Crippen LogP contribution is 2.37. The molecule has 0 atom stereocenters. The van der Waals surface area contributed by atoms with Crippen LogP contribution in [0.3, 0.4) is 0 Å². The van der Waals surface area contributed by atoms with Crippen LogP contribution >= 0.6 is 22.9 Å². The molecule has 24 heavy (non-hydrogen) atoms. The second kappa shape index (κ2) is 7.36. The number of benzene rings is 1. The van der Waals surface area contributed by atoms with Crippen LogP contribution in [0, 0.1) is 0 Å². The largest absolute Gasteiger partial charge is 0.365 e. The molecule has 1 aromatic heterocycles. The highest BCUT2D eigenvalue weighted by molar-refractivity contribution is 7.17. The maximum absolute atomic E-state index is 12.4. The van der Waals surface area contributed by atoms with Crippen molar-refractivity contribution < 1.29 is 9.59 Å². The molecule has 0 radical (unpaired) electrons. The summed E-state index contributed by atoms with van der Waals surface area (Å²) in [6.07, 6.45) is 5.29. The van der Waals surface area contributed by atoms with Gasteiger partial charge in [-0.3, -0.25) is 9.59 Å². The number of nitrogens with one attached hydrogen (secondary N) is 1. The molecule has 1 aliphatic carbocycles. The molecule has 3 rings (SSSR count). The van der Waals surface area contributed by atoms with Gasteiger partial charge in [0.2, 0.25) is 5.91 Å². The lowest BCUT2D eigenvalue weighted by Crippen LogP contribution is -2.19. The van der Waals surface area contributed by atoms with Crippen LogP contribution in [0.5, 0.6) is 0 Å². The highest BCUT2D eigenvalue weighted by atomic mass is 35.5. The van der Waals surface area contributed by atoms with Crippen LogP contribution in [0.25, 0.3) is 0 Å². The number of amides is 2. The second-order valence-corrected chi connectivity index (χ2v) is 7.46. The molecule has 0 unspecified atom stereocenters. The Kier molecular flexibility index (Phi) is 5.21. The van der Waals surface area contributed by atoms with Crippen molar-refractivity contribution in [3.8, 4) is 0 Å². The van der Waals surface area contributed by atoms with E-state index in [4.69, 9.17) is 17.3 Å². The molecule has 1 aliphatic rings. The zero-order chi connectivity index (χ0) is 17.1. The van der Waals surface area contributed by atoms with Crippen LogP contribution in [0.15, 0.2) is 24.3 Å². The van der Waals surface area contributed by atoms with Crippen molar-refractivity contribution in [3.05, 3.63) is 50.9 Å². The summed E-state index contributed by atoms with van der Waals surface area (Å²) in [5.74, 6) is -0.663. The van der Waals surface area contributed by atoms with Crippen LogP contribution in [0.4, 0.5) is 5.00 Å². The Morgan fingerprint density at radius 2 is 1.92 bits per heavy atom. The maximum atomic E-state index is 12.4. The monoisotopic (exact) mass is 362 g/mol. The minimum atomic E-state index is -0.470. The average Bonchev–Trinajstić information content (AvgIpc) is 2.71. The molecule has 1 aromatic carbocycles. The van der Waals surface area contributed by atoms with Crippen molar-refractivity contribution in [2.45, 2.75) is 38.5 Å². The Bertz CT molecular complexity index is 785. The average molecular weight is 363 g/mol. The van der Waals surface area contributed by atoms with Gasteiger partial charge in [0, 0.05) is 9.90 Å². The number of hydrogen-bond acceptors (Lipinski definition) is 3. The fraction of sp³-hybridized carbons (Fsp3) is 0.333. The summed E-state index contributed by atoms with van der Waals surface area (Å²) in [6, 6.07) is 7.24. The van der Waals surface area contributed by atoms with E-state index in [1.165, 1.54) is 16.2 Å². The number of carbonyl (C=O) groups is 2. The summed E-state index contributed by atoms with van der Waals surface area (Å²) in [5, 5.41) is 4.00. The number of halogens is 1. The van der Waals surface area contributed by atoms with Crippen molar-refractivity contribution >= 4 is 39.8 Å². The zero-order valence-corrected chi connectivity index (χ0v) is 14.8.